The molecule has 0 radical (unpaired) electrons. The lowest BCUT2D eigenvalue weighted by atomic mass is 9.77. The molecule has 29 heavy (non-hydrogen) atoms. The molecule has 0 atom stereocenters. The summed E-state index contributed by atoms with van der Waals surface area (Å²) in [6.45, 7) is 0.827. The van der Waals surface area contributed by atoms with E-state index in [9.17, 15) is 0 Å². The van der Waals surface area contributed by atoms with Crippen LogP contribution in [0, 0.1) is 0 Å². The van der Waals surface area contributed by atoms with Gasteiger partial charge in [0.2, 0.25) is 0 Å². The highest BCUT2D eigenvalue weighted by Crippen LogP contribution is 2.40. The topological polar surface area (TPSA) is 41.5 Å². The molecule has 0 aliphatic heterocycles. The van der Waals surface area contributed by atoms with Gasteiger partial charge in [-0.1, -0.05) is 103 Å². The van der Waals surface area contributed by atoms with Crippen LogP contribution in [0.3, 0.4) is 0 Å². The summed E-state index contributed by atoms with van der Waals surface area (Å²) in [5.74, 6) is 0. The highest BCUT2D eigenvalue weighted by Gasteiger charge is 2.38. The number of hydrogen-bond donors (Lipinski definition) is 2. The molecule has 152 valence electrons. The Morgan fingerprint density at radius 3 is 1.86 bits per heavy atom. The van der Waals surface area contributed by atoms with Gasteiger partial charge in [0.05, 0.1) is 6.61 Å². The predicted octanol–water partition coefficient (Wildman–Crippen LogP) is 5.71. The van der Waals surface area contributed by atoms with Crippen molar-refractivity contribution in [3.05, 3.63) is 107 Å². The molecular weight excluding hydrogens is 382 g/mol. The maximum absolute atomic E-state index is 8.92. The van der Waals surface area contributed by atoms with Gasteiger partial charge in [-0.3, -0.25) is 0 Å². The maximum Gasteiger partial charge on any atom is 0.119 e. The van der Waals surface area contributed by atoms with Crippen molar-refractivity contribution in [2.45, 2.75) is 31.2 Å². The number of halogens is 1. The predicted molar refractivity (Wildman–Crippen MR) is 119 cm³/mol. The molecule has 0 saturated carbocycles. The summed E-state index contributed by atoms with van der Waals surface area (Å²) in [5, 5.41) is 9.60. The van der Waals surface area contributed by atoms with Gasteiger partial charge < -0.3 is 9.94 Å². The Morgan fingerprint density at radius 2 is 1.28 bits per heavy atom. The molecule has 0 spiro atoms. The molecule has 0 saturated heterocycles. The summed E-state index contributed by atoms with van der Waals surface area (Å²) in [6, 6.07) is 28.4. The van der Waals surface area contributed by atoms with Crippen molar-refractivity contribution < 1.29 is 9.94 Å². The van der Waals surface area contributed by atoms with Crippen LogP contribution in [0.5, 0.6) is 0 Å². The van der Waals surface area contributed by atoms with Gasteiger partial charge in [-0.05, 0) is 30.0 Å². The van der Waals surface area contributed by atoms with Crippen molar-refractivity contribution in [3.8, 4) is 0 Å². The fourth-order valence-electron chi connectivity index (χ4n) is 3.59. The number of unbranched alkanes of at least 4 members (excludes halogenated alkanes) is 3. The molecule has 0 aromatic heterocycles. The molecule has 0 fully saturated rings. The molecule has 0 bridgehead atoms. The first-order valence-corrected chi connectivity index (χ1v) is 10.5. The molecule has 4 heteroatoms. The average Bonchev–Trinajstić information content (AvgIpc) is 2.78. The third kappa shape index (κ3) is 5.26. The van der Waals surface area contributed by atoms with E-state index in [0.29, 0.717) is 11.6 Å². The van der Waals surface area contributed by atoms with E-state index < -0.39 is 5.54 Å². The van der Waals surface area contributed by atoms with Crippen LogP contribution in [-0.2, 0) is 10.4 Å². The summed E-state index contributed by atoms with van der Waals surface area (Å²) >= 11 is 6.69. The largest absolute Gasteiger partial charge is 0.396 e. The van der Waals surface area contributed by atoms with Crippen molar-refractivity contribution in [3.63, 3.8) is 0 Å². The van der Waals surface area contributed by atoms with Crippen LogP contribution in [0.1, 0.15) is 42.4 Å². The Balaban J connectivity index is 1.96. The quantitative estimate of drug-likeness (QED) is 0.242. The Bertz CT molecular complexity index is 815. The molecule has 0 aliphatic rings. The number of nitrogens with one attached hydrogen (secondary N) is 1. The van der Waals surface area contributed by atoms with Gasteiger partial charge in [0.25, 0.3) is 0 Å². The summed E-state index contributed by atoms with van der Waals surface area (Å²) in [4.78, 5) is 6.03. The standard InChI is InChI=1S/C25H28ClNO2/c26-24-18-10-9-17-23(24)25(21-13-5-3-6-14-21,22-15-7-4-8-16-22)27-29-20-12-2-1-11-19-28/h3-10,13-18,27-28H,1-2,11-12,19-20H2. The Hall–Kier alpha value is -2.17. The first kappa shape index (κ1) is 21.5. The molecule has 3 nitrogen and oxygen atoms in total. The summed E-state index contributed by atoms with van der Waals surface area (Å²) < 4.78 is 0. The minimum Gasteiger partial charge on any atom is -0.396 e. The molecule has 0 amide bonds. The Kier molecular flexibility index (Phi) is 8.26. The lowest BCUT2D eigenvalue weighted by Crippen LogP contribution is -2.45. The Morgan fingerprint density at radius 1 is 0.724 bits per heavy atom. The zero-order valence-electron chi connectivity index (χ0n) is 16.6. The molecule has 2 N–H and O–H groups in total. The van der Waals surface area contributed by atoms with Gasteiger partial charge in [0, 0.05) is 17.2 Å². The number of hydroxylamine groups is 1. The molecular formula is C25H28ClNO2. The third-order valence-corrected chi connectivity index (χ3v) is 5.40. The maximum atomic E-state index is 8.92. The van der Waals surface area contributed by atoms with E-state index in [0.717, 1.165) is 42.4 Å². The van der Waals surface area contributed by atoms with Crippen LogP contribution in [0.15, 0.2) is 84.9 Å². The van der Waals surface area contributed by atoms with Crippen LogP contribution < -0.4 is 5.48 Å². The van der Waals surface area contributed by atoms with Crippen molar-refractivity contribution >= 4 is 11.6 Å². The molecule has 0 aliphatic carbocycles. The van der Waals surface area contributed by atoms with Crippen molar-refractivity contribution in [2.24, 2.45) is 0 Å². The average molecular weight is 410 g/mol. The SMILES string of the molecule is OCCCCCCONC(c1ccccc1)(c1ccccc1)c1ccccc1Cl. The van der Waals surface area contributed by atoms with E-state index in [2.05, 4.69) is 29.7 Å². The first-order chi connectivity index (χ1) is 14.3. The summed E-state index contributed by atoms with van der Waals surface area (Å²) in [6.07, 6.45) is 3.80. The second-order valence-electron chi connectivity index (χ2n) is 7.05. The van der Waals surface area contributed by atoms with Crippen molar-refractivity contribution in [1.29, 1.82) is 0 Å². The van der Waals surface area contributed by atoms with E-state index in [4.69, 9.17) is 21.5 Å². The van der Waals surface area contributed by atoms with Crippen molar-refractivity contribution in [2.75, 3.05) is 13.2 Å². The van der Waals surface area contributed by atoms with Crippen LogP contribution in [0.25, 0.3) is 0 Å². The highest BCUT2D eigenvalue weighted by molar-refractivity contribution is 6.31. The minimum atomic E-state index is -0.730. The smallest absolute Gasteiger partial charge is 0.119 e. The van der Waals surface area contributed by atoms with E-state index >= 15 is 0 Å². The lowest BCUT2D eigenvalue weighted by molar-refractivity contribution is -0.00149. The van der Waals surface area contributed by atoms with Crippen LogP contribution in [0.2, 0.25) is 5.02 Å². The number of rotatable bonds is 11. The van der Waals surface area contributed by atoms with E-state index in [1.807, 2.05) is 60.7 Å². The number of hydrogen-bond acceptors (Lipinski definition) is 3. The molecule has 3 rings (SSSR count). The van der Waals surface area contributed by atoms with Gasteiger partial charge in [-0.25, -0.2) is 0 Å². The fourth-order valence-corrected chi connectivity index (χ4v) is 3.87. The zero-order valence-corrected chi connectivity index (χ0v) is 17.3. The van der Waals surface area contributed by atoms with E-state index in [1.54, 1.807) is 0 Å². The molecule has 0 heterocycles. The first-order valence-electron chi connectivity index (χ1n) is 10.1. The van der Waals surface area contributed by atoms with Crippen LogP contribution in [-0.4, -0.2) is 18.3 Å². The molecule has 3 aromatic carbocycles. The van der Waals surface area contributed by atoms with Crippen LogP contribution in [0.4, 0.5) is 0 Å². The fraction of sp³-hybridized carbons (Fsp3) is 0.280. The van der Waals surface area contributed by atoms with Gasteiger partial charge >= 0.3 is 0 Å². The third-order valence-electron chi connectivity index (χ3n) is 5.07. The second-order valence-corrected chi connectivity index (χ2v) is 7.46. The number of benzene rings is 3. The summed E-state index contributed by atoms with van der Waals surface area (Å²) in [7, 11) is 0. The zero-order chi connectivity index (χ0) is 20.4. The van der Waals surface area contributed by atoms with Gasteiger partial charge in [-0.2, -0.15) is 5.48 Å². The van der Waals surface area contributed by atoms with E-state index in [-0.39, 0.29) is 6.61 Å². The van der Waals surface area contributed by atoms with Gasteiger partial charge in [0.1, 0.15) is 5.54 Å². The highest BCUT2D eigenvalue weighted by atomic mass is 35.5. The minimum absolute atomic E-state index is 0.247. The second kappa shape index (κ2) is 11.1. The van der Waals surface area contributed by atoms with Crippen molar-refractivity contribution in [1.82, 2.24) is 5.48 Å². The van der Waals surface area contributed by atoms with E-state index in [1.165, 1.54) is 0 Å². The van der Waals surface area contributed by atoms with Crippen LogP contribution >= 0.6 is 11.6 Å². The Labute approximate surface area is 178 Å². The van der Waals surface area contributed by atoms with Gasteiger partial charge in [-0.15, -0.1) is 0 Å². The monoisotopic (exact) mass is 409 g/mol. The normalized spacial score (nSPS) is 11.5. The van der Waals surface area contributed by atoms with Gasteiger partial charge in [0.15, 0.2) is 0 Å². The lowest BCUT2D eigenvalue weighted by Gasteiger charge is -2.36. The number of aliphatic hydroxyl groups excluding tert-OH is 1. The molecule has 3 aromatic rings. The summed E-state index contributed by atoms with van der Waals surface area (Å²) in [5.41, 5.74) is 5.70. The number of aliphatic hydroxyl groups is 1. The molecule has 0 unspecified atom stereocenters.